The number of nitrogens with one attached hydrogen (secondary N) is 1. The van der Waals surface area contributed by atoms with Crippen molar-refractivity contribution < 1.29 is 4.74 Å². The first kappa shape index (κ1) is 12.6. The molecule has 0 spiro atoms. The fraction of sp³-hybridized carbons (Fsp3) is 0.571. The minimum absolute atomic E-state index is 0.460. The molecule has 0 aromatic carbocycles. The lowest BCUT2D eigenvalue weighted by Gasteiger charge is -2.09. The zero-order valence-electron chi connectivity index (χ0n) is 11.3. The van der Waals surface area contributed by atoms with Crippen molar-refractivity contribution in [3.05, 3.63) is 29.7 Å². The van der Waals surface area contributed by atoms with Crippen LogP contribution in [0.15, 0.2) is 18.5 Å². The largest absolute Gasteiger partial charge is 0.378 e. The Labute approximate surface area is 113 Å². The molecular weight excluding hydrogens is 240 g/mol. The SMILES string of the molecule is Cc1cc2ncc(CNCCC3CCCO3)cn2n1. The predicted molar refractivity (Wildman–Crippen MR) is 73.0 cm³/mol. The average Bonchev–Trinajstić information content (AvgIpc) is 3.02. The Hall–Kier alpha value is -1.46. The summed E-state index contributed by atoms with van der Waals surface area (Å²) in [7, 11) is 0. The van der Waals surface area contributed by atoms with Gasteiger partial charge in [0.15, 0.2) is 5.65 Å². The van der Waals surface area contributed by atoms with E-state index in [1.807, 2.05) is 29.9 Å². The monoisotopic (exact) mass is 260 g/mol. The van der Waals surface area contributed by atoms with Gasteiger partial charge < -0.3 is 10.1 Å². The van der Waals surface area contributed by atoms with Gasteiger partial charge >= 0.3 is 0 Å². The summed E-state index contributed by atoms with van der Waals surface area (Å²) >= 11 is 0. The van der Waals surface area contributed by atoms with E-state index in [4.69, 9.17) is 4.74 Å². The minimum atomic E-state index is 0.460. The number of hydrogen-bond acceptors (Lipinski definition) is 4. The van der Waals surface area contributed by atoms with E-state index in [1.54, 1.807) is 0 Å². The topological polar surface area (TPSA) is 51.5 Å². The van der Waals surface area contributed by atoms with Crippen molar-refractivity contribution in [2.75, 3.05) is 13.2 Å². The van der Waals surface area contributed by atoms with Crippen molar-refractivity contribution in [2.45, 2.75) is 38.8 Å². The van der Waals surface area contributed by atoms with Crippen LogP contribution in [0.4, 0.5) is 0 Å². The summed E-state index contributed by atoms with van der Waals surface area (Å²) in [5.41, 5.74) is 3.06. The molecule has 0 radical (unpaired) electrons. The summed E-state index contributed by atoms with van der Waals surface area (Å²) in [5.74, 6) is 0. The van der Waals surface area contributed by atoms with Crippen LogP contribution < -0.4 is 5.32 Å². The number of hydrogen-bond donors (Lipinski definition) is 1. The highest BCUT2D eigenvalue weighted by Crippen LogP contribution is 2.14. The normalized spacial score (nSPS) is 19.3. The Morgan fingerprint density at radius 2 is 2.47 bits per heavy atom. The molecule has 1 aliphatic heterocycles. The highest BCUT2D eigenvalue weighted by molar-refractivity contribution is 5.38. The molecule has 5 heteroatoms. The molecule has 1 unspecified atom stereocenters. The van der Waals surface area contributed by atoms with Gasteiger partial charge in [0.1, 0.15) is 0 Å². The van der Waals surface area contributed by atoms with Gasteiger partial charge in [-0.1, -0.05) is 0 Å². The van der Waals surface area contributed by atoms with Gasteiger partial charge in [0.05, 0.1) is 11.8 Å². The van der Waals surface area contributed by atoms with Crippen LogP contribution in [0.1, 0.15) is 30.5 Å². The quantitative estimate of drug-likeness (QED) is 0.831. The molecule has 3 heterocycles. The molecule has 1 saturated heterocycles. The summed E-state index contributed by atoms with van der Waals surface area (Å²) in [6.45, 7) is 4.73. The third-order valence-electron chi connectivity index (χ3n) is 3.49. The first-order valence-corrected chi connectivity index (χ1v) is 6.94. The van der Waals surface area contributed by atoms with Gasteiger partial charge in [-0.15, -0.1) is 0 Å². The second-order valence-corrected chi connectivity index (χ2v) is 5.15. The number of rotatable bonds is 5. The second kappa shape index (κ2) is 5.67. The van der Waals surface area contributed by atoms with Gasteiger partial charge in [-0.3, -0.25) is 0 Å². The molecule has 2 aromatic heterocycles. The summed E-state index contributed by atoms with van der Waals surface area (Å²) in [5, 5.41) is 7.81. The van der Waals surface area contributed by atoms with Gasteiger partial charge in [0.2, 0.25) is 0 Å². The summed E-state index contributed by atoms with van der Waals surface area (Å²) in [6, 6.07) is 1.98. The maximum Gasteiger partial charge on any atom is 0.155 e. The summed E-state index contributed by atoms with van der Waals surface area (Å²) < 4.78 is 7.44. The lowest BCUT2D eigenvalue weighted by Crippen LogP contribution is -2.20. The van der Waals surface area contributed by atoms with E-state index >= 15 is 0 Å². The zero-order valence-corrected chi connectivity index (χ0v) is 11.3. The van der Waals surface area contributed by atoms with Crippen LogP contribution in [0, 0.1) is 6.92 Å². The number of nitrogens with zero attached hydrogens (tertiary/aromatic N) is 3. The van der Waals surface area contributed by atoms with Crippen molar-refractivity contribution in [1.29, 1.82) is 0 Å². The van der Waals surface area contributed by atoms with Crippen LogP contribution in [-0.4, -0.2) is 33.9 Å². The fourth-order valence-corrected chi connectivity index (χ4v) is 2.49. The molecule has 3 rings (SSSR count). The maximum absolute atomic E-state index is 5.60. The second-order valence-electron chi connectivity index (χ2n) is 5.15. The molecule has 1 aliphatic rings. The van der Waals surface area contributed by atoms with Crippen LogP contribution in [0.2, 0.25) is 0 Å². The van der Waals surface area contributed by atoms with E-state index < -0.39 is 0 Å². The van der Waals surface area contributed by atoms with E-state index in [1.165, 1.54) is 12.8 Å². The van der Waals surface area contributed by atoms with E-state index in [-0.39, 0.29) is 0 Å². The van der Waals surface area contributed by atoms with E-state index in [0.29, 0.717) is 6.10 Å². The molecule has 0 aliphatic carbocycles. The fourth-order valence-electron chi connectivity index (χ4n) is 2.49. The number of fused-ring (bicyclic) bond motifs is 1. The summed E-state index contributed by atoms with van der Waals surface area (Å²) in [6.07, 6.45) is 7.92. The molecule has 1 fully saturated rings. The average molecular weight is 260 g/mol. The summed E-state index contributed by atoms with van der Waals surface area (Å²) in [4.78, 5) is 4.39. The van der Waals surface area contributed by atoms with Gasteiger partial charge in [0, 0.05) is 37.2 Å². The van der Waals surface area contributed by atoms with Crippen LogP contribution in [0.25, 0.3) is 5.65 Å². The Kier molecular flexibility index (Phi) is 3.75. The van der Waals surface area contributed by atoms with Crippen molar-refractivity contribution in [3.63, 3.8) is 0 Å². The number of aryl methyl sites for hydroxylation is 1. The lowest BCUT2D eigenvalue weighted by molar-refractivity contribution is 0.104. The van der Waals surface area contributed by atoms with E-state index in [9.17, 15) is 0 Å². The van der Waals surface area contributed by atoms with Crippen molar-refractivity contribution in [1.82, 2.24) is 19.9 Å². The molecular formula is C14H20N4O. The molecule has 0 saturated carbocycles. The molecule has 1 N–H and O–H groups in total. The van der Waals surface area contributed by atoms with Crippen LogP contribution in [-0.2, 0) is 11.3 Å². The van der Waals surface area contributed by atoms with Crippen LogP contribution in [0.3, 0.4) is 0 Å². The standard InChI is InChI=1S/C14H20N4O/c1-11-7-14-16-9-12(10-18(14)17-11)8-15-5-4-13-3-2-6-19-13/h7,9-10,13,15H,2-6,8H2,1H3. The third kappa shape index (κ3) is 3.11. The molecule has 0 amide bonds. The Morgan fingerprint density at radius 1 is 1.53 bits per heavy atom. The molecule has 1 atom stereocenters. The molecule has 5 nitrogen and oxygen atoms in total. The highest BCUT2D eigenvalue weighted by atomic mass is 16.5. The molecule has 19 heavy (non-hydrogen) atoms. The first-order valence-electron chi connectivity index (χ1n) is 6.94. The first-order chi connectivity index (χ1) is 9.31. The minimum Gasteiger partial charge on any atom is -0.378 e. The molecule has 2 aromatic rings. The van der Waals surface area contributed by atoms with Crippen molar-refractivity contribution >= 4 is 5.65 Å². The van der Waals surface area contributed by atoms with Gasteiger partial charge in [0.25, 0.3) is 0 Å². The Balaban J connectivity index is 1.50. The molecule has 102 valence electrons. The van der Waals surface area contributed by atoms with Crippen molar-refractivity contribution in [2.24, 2.45) is 0 Å². The van der Waals surface area contributed by atoms with Crippen LogP contribution in [0.5, 0.6) is 0 Å². The smallest absolute Gasteiger partial charge is 0.155 e. The van der Waals surface area contributed by atoms with Gasteiger partial charge in [-0.2, -0.15) is 5.10 Å². The van der Waals surface area contributed by atoms with Gasteiger partial charge in [-0.25, -0.2) is 9.50 Å². The predicted octanol–water partition coefficient (Wildman–Crippen LogP) is 1.70. The molecule has 0 bridgehead atoms. The van der Waals surface area contributed by atoms with Crippen LogP contribution >= 0.6 is 0 Å². The maximum atomic E-state index is 5.60. The van der Waals surface area contributed by atoms with E-state index in [0.717, 1.165) is 43.0 Å². The van der Waals surface area contributed by atoms with E-state index in [2.05, 4.69) is 15.4 Å². The lowest BCUT2D eigenvalue weighted by atomic mass is 10.2. The number of aromatic nitrogens is 3. The zero-order chi connectivity index (χ0) is 13.1. The Morgan fingerprint density at radius 3 is 3.32 bits per heavy atom. The third-order valence-corrected chi connectivity index (χ3v) is 3.49. The Bertz CT molecular complexity index is 545. The number of ether oxygens (including phenoxy) is 1. The van der Waals surface area contributed by atoms with Gasteiger partial charge in [-0.05, 0) is 32.7 Å². The highest BCUT2D eigenvalue weighted by Gasteiger charge is 2.14. The van der Waals surface area contributed by atoms with Crippen molar-refractivity contribution in [3.8, 4) is 0 Å².